The van der Waals surface area contributed by atoms with Crippen molar-refractivity contribution >= 4 is 44.4 Å². The van der Waals surface area contributed by atoms with Gasteiger partial charge in [0.15, 0.2) is 5.13 Å². The number of aromatic nitrogens is 1. The molecule has 3 heterocycles. The Hall–Kier alpha value is -3.26. The molecule has 7 nitrogen and oxygen atoms in total. The van der Waals surface area contributed by atoms with Crippen molar-refractivity contribution in [3.05, 3.63) is 58.7 Å². The van der Waals surface area contributed by atoms with E-state index < -0.39 is 5.54 Å². The van der Waals surface area contributed by atoms with Crippen molar-refractivity contribution in [2.75, 3.05) is 31.1 Å². The van der Waals surface area contributed by atoms with Crippen LogP contribution in [0.15, 0.2) is 36.4 Å². The van der Waals surface area contributed by atoms with Crippen LogP contribution in [-0.2, 0) is 6.42 Å². The maximum Gasteiger partial charge on any atom is 0.262 e. The fourth-order valence-corrected chi connectivity index (χ4v) is 5.66. The number of benzene rings is 2. The molecule has 8 heteroatoms. The van der Waals surface area contributed by atoms with Crippen molar-refractivity contribution in [1.29, 1.82) is 0 Å². The van der Waals surface area contributed by atoms with Gasteiger partial charge in [0.25, 0.3) is 17.7 Å². The second-order valence-electron chi connectivity index (χ2n) is 9.81. The minimum absolute atomic E-state index is 0.117. The third-order valence-electron chi connectivity index (χ3n) is 6.49. The molecule has 0 bridgehead atoms. The molecule has 0 aliphatic carbocycles. The number of anilines is 1. The summed E-state index contributed by atoms with van der Waals surface area (Å²) in [5.41, 5.74) is 2.81. The lowest BCUT2D eigenvalue weighted by atomic mass is 10.0. The summed E-state index contributed by atoms with van der Waals surface area (Å²) in [5, 5.41) is 0.985. The van der Waals surface area contributed by atoms with E-state index in [0.29, 0.717) is 42.9 Å². The Morgan fingerprint density at radius 1 is 0.971 bits per heavy atom. The molecule has 5 rings (SSSR count). The zero-order valence-electron chi connectivity index (χ0n) is 19.9. The molecule has 0 spiro atoms. The average molecular weight is 477 g/mol. The molecule has 0 saturated carbocycles. The maximum absolute atomic E-state index is 13.2. The molecule has 1 fully saturated rings. The van der Waals surface area contributed by atoms with Crippen molar-refractivity contribution in [3.63, 3.8) is 0 Å². The number of fused-ring (bicyclic) bond motifs is 2. The summed E-state index contributed by atoms with van der Waals surface area (Å²) in [4.78, 5) is 48.9. The van der Waals surface area contributed by atoms with Crippen LogP contribution in [-0.4, -0.2) is 64.2 Å². The number of imide groups is 1. The molecular weight excluding hydrogens is 448 g/mol. The Morgan fingerprint density at radius 3 is 2.35 bits per heavy atom. The minimum atomic E-state index is -0.619. The van der Waals surface area contributed by atoms with Crippen molar-refractivity contribution in [2.45, 2.75) is 39.7 Å². The average Bonchev–Trinajstić information content (AvgIpc) is 3.36. The molecule has 34 heavy (non-hydrogen) atoms. The Morgan fingerprint density at radius 2 is 1.68 bits per heavy atom. The fourth-order valence-electron chi connectivity index (χ4n) is 4.58. The Labute approximate surface area is 203 Å². The second kappa shape index (κ2) is 8.20. The van der Waals surface area contributed by atoms with Crippen molar-refractivity contribution in [2.24, 2.45) is 0 Å². The van der Waals surface area contributed by atoms with Crippen LogP contribution in [0.3, 0.4) is 0 Å². The van der Waals surface area contributed by atoms with E-state index in [0.717, 1.165) is 17.1 Å². The van der Waals surface area contributed by atoms with E-state index in [4.69, 9.17) is 4.98 Å². The van der Waals surface area contributed by atoms with Crippen LogP contribution in [0.1, 0.15) is 64.3 Å². The van der Waals surface area contributed by atoms with Crippen LogP contribution in [0, 0.1) is 0 Å². The summed E-state index contributed by atoms with van der Waals surface area (Å²) < 4.78 is 1.19. The summed E-state index contributed by atoms with van der Waals surface area (Å²) in [7, 11) is 0. The van der Waals surface area contributed by atoms with Gasteiger partial charge >= 0.3 is 0 Å². The highest BCUT2D eigenvalue weighted by atomic mass is 32.1. The van der Waals surface area contributed by atoms with Gasteiger partial charge < -0.3 is 9.80 Å². The third kappa shape index (κ3) is 3.76. The largest absolute Gasteiger partial charge is 0.345 e. The van der Waals surface area contributed by atoms with Crippen LogP contribution >= 0.6 is 11.3 Å². The minimum Gasteiger partial charge on any atom is -0.345 e. The zero-order valence-corrected chi connectivity index (χ0v) is 20.7. The Balaban J connectivity index is 1.29. The fraction of sp³-hybridized carbons (Fsp3) is 0.385. The van der Waals surface area contributed by atoms with E-state index in [2.05, 4.69) is 30.0 Å². The van der Waals surface area contributed by atoms with E-state index in [1.807, 2.05) is 25.7 Å². The predicted octanol–water partition coefficient (Wildman–Crippen LogP) is 4.22. The van der Waals surface area contributed by atoms with Gasteiger partial charge in [-0.25, -0.2) is 4.98 Å². The van der Waals surface area contributed by atoms with Gasteiger partial charge in [0.2, 0.25) is 0 Å². The first-order valence-electron chi connectivity index (χ1n) is 11.6. The van der Waals surface area contributed by atoms with Crippen LogP contribution < -0.4 is 4.90 Å². The number of hydrogen-bond donors (Lipinski definition) is 0. The number of hydrogen-bond acceptors (Lipinski definition) is 6. The van der Waals surface area contributed by atoms with Gasteiger partial charge in [0.1, 0.15) is 0 Å². The standard InChI is InChI=1S/C26H28N4O3S/c1-5-16-6-9-20-21(14-16)34-25(27-20)29-12-10-28(11-13-29)22(31)17-7-8-18-19(15-17)24(33)30(23(18)32)26(2,3)4/h6-9,14-15H,5,10-13H2,1-4H3. The van der Waals surface area contributed by atoms with Crippen molar-refractivity contribution in [1.82, 2.24) is 14.8 Å². The highest BCUT2D eigenvalue weighted by Gasteiger charge is 2.42. The van der Waals surface area contributed by atoms with Gasteiger partial charge in [-0.15, -0.1) is 0 Å². The van der Waals surface area contributed by atoms with E-state index in [-0.39, 0.29) is 17.7 Å². The molecule has 3 amide bonds. The summed E-state index contributed by atoms with van der Waals surface area (Å²) in [6, 6.07) is 11.2. The first-order valence-corrected chi connectivity index (χ1v) is 12.5. The van der Waals surface area contributed by atoms with Crippen molar-refractivity contribution < 1.29 is 14.4 Å². The molecule has 2 aromatic carbocycles. The highest BCUT2D eigenvalue weighted by Crippen LogP contribution is 2.32. The highest BCUT2D eigenvalue weighted by molar-refractivity contribution is 7.22. The number of carbonyl (C=O) groups is 3. The number of piperazine rings is 1. The molecule has 0 unspecified atom stereocenters. The SMILES string of the molecule is CCc1ccc2nc(N3CCN(C(=O)c4ccc5c(c4)C(=O)N(C(C)(C)C)C5=O)CC3)sc2c1. The van der Waals surface area contributed by atoms with E-state index in [1.165, 1.54) is 15.2 Å². The topological polar surface area (TPSA) is 73.8 Å². The van der Waals surface area contributed by atoms with E-state index in [9.17, 15) is 14.4 Å². The number of amides is 3. The van der Waals surface area contributed by atoms with E-state index >= 15 is 0 Å². The lowest BCUT2D eigenvalue weighted by Gasteiger charge is -2.34. The smallest absolute Gasteiger partial charge is 0.262 e. The van der Waals surface area contributed by atoms with Crippen LogP contribution in [0.25, 0.3) is 10.2 Å². The predicted molar refractivity (Wildman–Crippen MR) is 134 cm³/mol. The molecular formula is C26H28N4O3S. The molecule has 176 valence electrons. The second-order valence-corrected chi connectivity index (χ2v) is 10.8. The van der Waals surface area contributed by atoms with E-state index in [1.54, 1.807) is 29.5 Å². The molecule has 1 saturated heterocycles. The van der Waals surface area contributed by atoms with Crippen molar-refractivity contribution in [3.8, 4) is 0 Å². The van der Waals surface area contributed by atoms with Gasteiger partial charge in [-0.2, -0.15) is 0 Å². The molecule has 1 aromatic heterocycles. The molecule has 2 aliphatic heterocycles. The normalized spacial score (nSPS) is 16.5. The molecule has 0 atom stereocenters. The first kappa shape index (κ1) is 22.5. The summed E-state index contributed by atoms with van der Waals surface area (Å²) >= 11 is 1.69. The summed E-state index contributed by atoms with van der Waals surface area (Å²) in [6.07, 6.45) is 1.00. The Kier molecular flexibility index (Phi) is 5.43. The monoisotopic (exact) mass is 476 g/mol. The quantitative estimate of drug-likeness (QED) is 0.530. The number of rotatable bonds is 3. The summed E-state index contributed by atoms with van der Waals surface area (Å²) in [6.45, 7) is 10.2. The summed E-state index contributed by atoms with van der Waals surface area (Å²) in [5.74, 6) is -0.759. The van der Waals surface area contributed by atoms with Gasteiger partial charge in [-0.1, -0.05) is 24.3 Å². The van der Waals surface area contributed by atoms with Gasteiger partial charge in [0, 0.05) is 37.3 Å². The lowest BCUT2D eigenvalue weighted by molar-refractivity contribution is 0.0507. The number of aryl methyl sites for hydroxylation is 1. The number of thiazole rings is 1. The van der Waals surface area contributed by atoms with Gasteiger partial charge in [0.05, 0.1) is 21.3 Å². The third-order valence-corrected chi connectivity index (χ3v) is 7.57. The van der Waals surface area contributed by atoms with Crippen LogP contribution in [0.4, 0.5) is 5.13 Å². The number of carbonyl (C=O) groups excluding carboxylic acids is 3. The van der Waals surface area contributed by atoms with Gasteiger partial charge in [-0.05, 0) is 63.1 Å². The lowest BCUT2D eigenvalue weighted by Crippen LogP contribution is -2.48. The Bertz CT molecular complexity index is 1320. The molecule has 0 N–H and O–H groups in total. The molecule has 0 radical (unpaired) electrons. The van der Waals surface area contributed by atoms with Gasteiger partial charge in [-0.3, -0.25) is 19.3 Å². The molecule has 2 aliphatic rings. The van der Waals surface area contributed by atoms with Crippen LogP contribution in [0.5, 0.6) is 0 Å². The first-order chi connectivity index (χ1) is 16.2. The molecule has 3 aromatic rings. The van der Waals surface area contributed by atoms with Crippen LogP contribution in [0.2, 0.25) is 0 Å². The number of nitrogens with zero attached hydrogens (tertiary/aromatic N) is 4. The zero-order chi connectivity index (χ0) is 24.2. The maximum atomic E-state index is 13.2.